The molecule has 0 bridgehead atoms. The Balaban J connectivity index is 1.54. The average molecular weight is 398 g/mol. The summed E-state index contributed by atoms with van der Waals surface area (Å²) >= 11 is 0. The first kappa shape index (κ1) is 19.1. The molecule has 1 aromatic heterocycles. The monoisotopic (exact) mass is 397 g/mol. The van der Waals surface area contributed by atoms with E-state index in [1.165, 1.54) is 18.4 Å². The molecule has 3 heterocycles. The van der Waals surface area contributed by atoms with Gasteiger partial charge in [-0.1, -0.05) is 6.08 Å². The van der Waals surface area contributed by atoms with Crippen LogP contribution in [0.5, 0.6) is 0 Å². The number of allylic oxidation sites excluding steroid dienone is 2. The molecule has 1 saturated carbocycles. The summed E-state index contributed by atoms with van der Waals surface area (Å²) in [7, 11) is 0. The minimum Gasteiger partial charge on any atom is -0.396 e. The highest BCUT2D eigenvalue weighted by Gasteiger charge is 2.56. The van der Waals surface area contributed by atoms with Crippen LogP contribution in [-0.4, -0.2) is 46.2 Å². The van der Waals surface area contributed by atoms with E-state index in [0.717, 1.165) is 37.1 Å². The maximum Gasteiger partial charge on any atom is 0.258 e. The summed E-state index contributed by atoms with van der Waals surface area (Å²) < 4.78 is 1.93. The molecule has 6 nitrogen and oxygen atoms in total. The van der Waals surface area contributed by atoms with Crippen LogP contribution in [0.2, 0.25) is 0 Å². The molecule has 1 saturated heterocycles. The fourth-order valence-electron chi connectivity index (χ4n) is 5.85. The van der Waals surface area contributed by atoms with E-state index in [9.17, 15) is 14.7 Å². The van der Waals surface area contributed by atoms with Crippen LogP contribution >= 0.6 is 0 Å². The lowest BCUT2D eigenvalue weighted by Gasteiger charge is -2.30. The molecule has 6 heteroatoms. The first-order valence-electron chi connectivity index (χ1n) is 11.2. The lowest BCUT2D eigenvalue weighted by Crippen LogP contribution is -2.48. The molecule has 2 aliphatic carbocycles. The normalized spacial score (nSPS) is 30.9. The summed E-state index contributed by atoms with van der Waals surface area (Å²) in [6.45, 7) is 3.98. The number of carbonyl (C=O) groups excluding carboxylic acids is 1. The van der Waals surface area contributed by atoms with Gasteiger partial charge in [0.15, 0.2) is 0 Å². The number of nitrogens with zero attached hydrogens (tertiary/aromatic N) is 2. The van der Waals surface area contributed by atoms with Gasteiger partial charge in [-0.05, 0) is 62.7 Å². The zero-order valence-corrected chi connectivity index (χ0v) is 17.1. The van der Waals surface area contributed by atoms with E-state index in [1.54, 1.807) is 0 Å². The van der Waals surface area contributed by atoms with Crippen LogP contribution in [0.25, 0.3) is 5.57 Å². The lowest BCUT2D eigenvalue weighted by molar-refractivity contribution is -0.127. The Morgan fingerprint density at radius 3 is 2.79 bits per heavy atom. The molecule has 0 unspecified atom stereocenters. The van der Waals surface area contributed by atoms with Crippen molar-refractivity contribution < 1.29 is 9.90 Å². The Bertz CT molecular complexity index is 901. The Morgan fingerprint density at radius 2 is 2.14 bits per heavy atom. The zero-order valence-electron chi connectivity index (χ0n) is 17.1. The van der Waals surface area contributed by atoms with Crippen molar-refractivity contribution in [2.45, 2.75) is 57.7 Å². The van der Waals surface area contributed by atoms with E-state index in [-0.39, 0.29) is 42.0 Å². The first-order chi connectivity index (χ1) is 14.1. The highest BCUT2D eigenvalue weighted by molar-refractivity contribution is 5.82. The van der Waals surface area contributed by atoms with E-state index in [1.807, 2.05) is 17.6 Å². The smallest absolute Gasteiger partial charge is 0.258 e. The van der Waals surface area contributed by atoms with Crippen molar-refractivity contribution in [3.63, 3.8) is 0 Å². The van der Waals surface area contributed by atoms with E-state index in [0.29, 0.717) is 19.0 Å². The number of rotatable bonds is 6. The number of nitrogens with one attached hydrogen (secondary N) is 1. The molecule has 0 spiro atoms. The van der Waals surface area contributed by atoms with Gasteiger partial charge in [0.2, 0.25) is 5.91 Å². The maximum atomic E-state index is 13.3. The number of aliphatic hydroxyl groups excluding tert-OH is 1. The van der Waals surface area contributed by atoms with E-state index in [2.05, 4.69) is 22.4 Å². The summed E-state index contributed by atoms with van der Waals surface area (Å²) in [5, 5.41) is 13.2. The molecule has 2 N–H and O–H groups in total. The van der Waals surface area contributed by atoms with Crippen LogP contribution in [0.15, 0.2) is 23.0 Å². The molecule has 1 amide bonds. The van der Waals surface area contributed by atoms with Gasteiger partial charge in [0.05, 0.1) is 12.1 Å². The number of likely N-dealkylation sites (tertiary alicyclic amines) is 1. The van der Waals surface area contributed by atoms with Gasteiger partial charge in [-0.3, -0.25) is 14.5 Å². The third kappa shape index (κ3) is 3.08. The topological polar surface area (TPSA) is 74.6 Å². The summed E-state index contributed by atoms with van der Waals surface area (Å²) in [5.74, 6) is 0.613. The van der Waals surface area contributed by atoms with Crippen LogP contribution in [-0.2, 0) is 11.3 Å². The number of amides is 1. The number of pyridine rings is 1. The molecule has 4 aliphatic rings. The molecule has 156 valence electrons. The van der Waals surface area contributed by atoms with Crippen molar-refractivity contribution in [1.29, 1.82) is 0 Å². The highest BCUT2D eigenvalue weighted by atomic mass is 16.3. The van der Waals surface area contributed by atoms with E-state index >= 15 is 0 Å². The summed E-state index contributed by atoms with van der Waals surface area (Å²) in [6, 6.07) is 3.84. The molecule has 29 heavy (non-hydrogen) atoms. The fraction of sp³-hybridized carbons (Fsp3) is 0.652. The lowest BCUT2D eigenvalue weighted by atomic mass is 9.88. The maximum absolute atomic E-state index is 13.3. The number of aliphatic hydroxyl groups is 1. The molecule has 1 aromatic rings. The second-order valence-electron chi connectivity index (χ2n) is 9.14. The quantitative estimate of drug-likeness (QED) is 0.769. The van der Waals surface area contributed by atoms with Gasteiger partial charge in [-0.2, -0.15) is 0 Å². The van der Waals surface area contributed by atoms with Crippen molar-refractivity contribution >= 4 is 11.5 Å². The van der Waals surface area contributed by atoms with Crippen molar-refractivity contribution in [3.05, 3.63) is 39.8 Å². The van der Waals surface area contributed by atoms with Crippen LogP contribution in [0, 0.1) is 17.8 Å². The van der Waals surface area contributed by atoms with Crippen LogP contribution < -0.4 is 10.9 Å². The van der Waals surface area contributed by atoms with Gasteiger partial charge >= 0.3 is 0 Å². The predicted octanol–water partition coefficient (Wildman–Crippen LogP) is 1.93. The Labute approximate surface area is 171 Å². The van der Waals surface area contributed by atoms with Gasteiger partial charge in [-0.25, -0.2) is 0 Å². The third-order valence-corrected chi connectivity index (χ3v) is 7.36. The van der Waals surface area contributed by atoms with Crippen LogP contribution in [0.1, 0.15) is 56.3 Å². The Hall–Kier alpha value is -1.92. The van der Waals surface area contributed by atoms with Crippen LogP contribution in [0.4, 0.5) is 0 Å². The summed E-state index contributed by atoms with van der Waals surface area (Å²) in [4.78, 5) is 28.5. The summed E-state index contributed by atoms with van der Waals surface area (Å²) in [6.07, 6.45) is 7.77. The van der Waals surface area contributed by atoms with Crippen LogP contribution in [0.3, 0.4) is 0 Å². The van der Waals surface area contributed by atoms with Gasteiger partial charge in [-0.15, -0.1) is 0 Å². The number of fused-ring (bicyclic) bond motifs is 3. The number of carbonyl (C=O) groups is 1. The van der Waals surface area contributed by atoms with Crippen molar-refractivity contribution in [3.8, 4) is 0 Å². The van der Waals surface area contributed by atoms with E-state index in [4.69, 9.17) is 0 Å². The molecular formula is C23H31N3O3. The largest absolute Gasteiger partial charge is 0.396 e. The second-order valence-corrected chi connectivity index (χ2v) is 9.14. The number of likely N-dealkylation sites (N-methyl/N-ethyl adjacent to an activating group) is 1. The predicted molar refractivity (Wildman–Crippen MR) is 111 cm³/mol. The third-order valence-electron chi connectivity index (χ3n) is 7.36. The average Bonchev–Trinajstić information content (AvgIpc) is 3.13. The SMILES string of the molecule is CCNC(=O)[C@H]1[C@H](CO)[C@H]2Cn3c(ccc(C4=CCCC4)c3=O)[C@H]2N1CC1CC1. The van der Waals surface area contributed by atoms with Crippen molar-refractivity contribution in [2.75, 3.05) is 19.7 Å². The Kier molecular flexibility index (Phi) is 4.87. The highest BCUT2D eigenvalue weighted by Crippen LogP contribution is 2.50. The molecule has 5 rings (SSSR count). The molecular weight excluding hydrogens is 366 g/mol. The molecule has 4 atom stereocenters. The van der Waals surface area contributed by atoms with Gasteiger partial charge in [0.1, 0.15) is 0 Å². The Morgan fingerprint density at radius 1 is 1.31 bits per heavy atom. The van der Waals surface area contributed by atoms with Crippen molar-refractivity contribution in [1.82, 2.24) is 14.8 Å². The number of hydrogen-bond donors (Lipinski definition) is 2. The standard InChI is InChI=1S/C23H31N3O3/c1-2-24-22(28)21-18(13-27)17-12-25-19(20(17)26(21)11-14-7-8-14)10-9-16(23(25)29)15-5-3-4-6-15/h5,9-10,14,17-18,20-21,27H,2-4,6-8,11-13H2,1H3,(H,24,28)/t17-,18-,20+,21-/m1/s1. The second kappa shape index (κ2) is 7.40. The first-order valence-corrected chi connectivity index (χ1v) is 11.2. The van der Waals surface area contributed by atoms with Gasteiger partial charge < -0.3 is 15.0 Å². The fourth-order valence-corrected chi connectivity index (χ4v) is 5.85. The van der Waals surface area contributed by atoms with Crippen molar-refractivity contribution in [2.24, 2.45) is 17.8 Å². The number of hydrogen-bond acceptors (Lipinski definition) is 4. The molecule has 2 aliphatic heterocycles. The van der Waals surface area contributed by atoms with Gasteiger partial charge in [0.25, 0.3) is 5.56 Å². The molecule has 2 fully saturated rings. The molecule has 0 aromatic carbocycles. The van der Waals surface area contributed by atoms with Gasteiger partial charge in [0, 0.05) is 49.3 Å². The molecule has 0 radical (unpaired) electrons. The number of aromatic nitrogens is 1. The summed E-state index contributed by atoms with van der Waals surface area (Å²) in [5.41, 5.74) is 3.13. The zero-order chi connectivity index (χ0) is 20.1. The van der Waals surface area contributed by atoms with E-state index < -0.39 is 0 Å². The minimum atomic E-state index is -0.309. The minimum absolute atomic E-state index is 0.0169.